The van der Waals surface area contributed by atoms with E-state index in [1.807, 2.05) is 28.2 Å². The molecule has 0 aliphatic heterocycles. The summed E-state index contributed by atoms with van der Waals surface area (Å²) in [5.41, 5.74) is -0.242. The zero-order valence-electron chi connectivity index (χ0n) is 21.9. The number of amides is 2. The Kier molecular flexibility index (Phi) is 11.8. The van der Waals surface area contributed by atoms with Gasteiger partial charge in [-0.3, -0.25) is 9.59 Å². The molecule has 1 aromatic carbocycles. The second-order valence-corrected chi connectivity index (χ2v) is 10.2. The van der Waals surface area contributed by atoms with E-state index in [0.717, 1.165) is 25.9 Å². The molecule has 35 heavy (non-hydrogen) atoms. The van der Waals surface area contributed by atoms with Crippen molar-refractivity contribution < 1.29 is 38.0 Å². The molecule has 0 fully saturated rings. The molecule has 0 saturated carbocycles. The molecular weight excluding hydrogens is 452 g/mol. The molecule has 0 radical (unpaired) electrons. The number of ether oxygens (including phenoxy) is 1. The number of likely N-dealkylation sites (N-methyl/N-ethyl adjacent to an activating group) is 2. The van der Waals surface area contributed by atoms with Crippen LogP contribution in [0, 0.1) is 0 Å². The molecule has 0 aromatic heterocycles. The van der Waals surface area contributed by atoms with E-state index >= 15 is 0 Å². The molecule has 0 saturated heterocycles. The van der Waals surface area contributed by atoms with Crippen molar-refractivity contribution in [3.63, 3.8) is 0 Å². The fourth-order valence-corrected chi connectivity index (χ4v) is 4.01. The monoisotopic (exact) mass is 493 g/mol. The summed E-state index contributed by atoms with van der Waals surface area (Å²) in [6.45, 7) is 6.59. The lowest BCUT2D eigenvalue weighted by molar-refractivity contribution is -0.914. The van der Waals surface area contributed by atoms with Gasteiger partial charge in [0.1, 0.15) is 13.1 Å². The van der Waals surface area contributed by atoms with Gasteiger partial charge in [-0.25, -0.2) is 4.79 Å². The van der Waals surface area contributed by atoms with Gasteiger partial charge >= 0.3 is 5.97 Å². The topological polar surface area (TPSA) is 125 Å². The van der Waals surface area contributed by atoms with Gasteiger partial charge in [0, 0.05) is 45.3 Å². The summed E-state index contributed by atoms with van der Waals surface area (Å²) in [5, 5.41) is 17.0. The summed E-state index contributed by atoms with van der Waals surface area (Å²) in [4.78, 5) is 46.7. The molecule has 0 aliphatic rings. The number of hydrogen-bond donors (Lipinski definition) is 2. The average Bonchev–Trinajstić information content (AvgIpc) is 2.73. The Hall–Kier alpha value is -2.98. The van der Waals surface area contributed by atoms with Crippen LogP contribution >= 0.6 is 0 Å². The molecule has 1 rings (SSSR count). The highest BCUT2D eigenvalue weighted by molar-refractivity contribution is 6.01. The first-order valence-electron chi connectivity index (χ1n) is 11.9. The molecule has 0 aliphatic carbocycles. The van der Waals surface area contributed by atoms with Crippen molar-refractivity contribution >= 4 is 23.8 Å². The fourth-order valence-electron chi connectivity index (χ4n) is 4.01. The maximum atomic E-state index is 13.0. The minimum absolute atomic E-state index is 0.0376. The van der Waals surface area contributed by atoms with Crippen molar-refractivity contribution in [1.82, 2.24) is 10.6 Å². The first-order chi connectivity index (χ1) is 16.2. The van der Waals surface area contributed by atoms with E-state index in [1.54, 1.807) is 6.07 Å². The number of hydrogen-bond acceptors (Lipinski definition) is 6. The second kappa shape index (κ2) is 13.8. The molecule has 10 nitrogen and oxygen atoms in total. The number of quaternary nitrogens is 2. The van der Waals surface area contributed by atoms with Crippen LogP contribution in [0.4, 0.5) is 0 Å². The van der Waals surface area contributed by atoms with Crippen LogP contribution in [-0.2, 0) is 14.3 Å². The number of esters is 1. The molecule has 0 spiro atoms. The van der Waals surface area contributed by atoms with Gasteiger partial charge in [0.2, 0.25) is 11.8 Å². The Morgan fingerprint density at radius 3 is 1.66 bits per heavy atom. The number of carboxylic acids is 1. The maximum Gasteiger partial charge on any atom is 0.339 e. The number of rotatable bonds is 15. The number of carbonyl (C=O) groups excluding carboxylic acids is 4. The first-order valence-corrected chi connectivity index (χ1v) is 11.9. The van der Waals surface area contributed by atoms with Crippen LogP contribution in [0.3, 0.4) is 0 Å². The lowest BCUT2D eigenvalue weighted by Gasteiger charge is -2.37. The molecule has 0 unspecified atom stereocenters. The van der Waals surface area contributed by atoms with Crippen molar-refractivity contribution in [3.8, 4) is 0 Å². The van der Waals surface area contributed by atoms with Crippen LogP contribution < -0.4 is 15.7 Å². The van der Waals surface area contributed by atoms with E-state index in [9.17, 15) is 24.3 Å². The predicted octanol–water partition coefficient (Wildman–Crippen LogP) is -0.219. The SMILES string of the molecule is CC(=O)NCCC[N+](C)(C)CC(C[N+](C)(C)CCCNC(C)=O)OC(=O)c1ccccc1C(=O)[O-]. The Labute approximate surface area is 208 Å². The van der Waals surface area contributed by atoms with Gasteiger partial charge in [0.25, 0.3) is 0 Å². The van der Waals surface area contributed by atoms with Gasteiger partial charge in [0.15, 0.2) is 6.10 Å². The Balaban J connectivity index is 2.97. The number of carbonyl (C=O) groups is 4. The van der Waals surface area contributed by atoms with Crippen LogP contribution in [0.15, 0.2) is 24.3 Å². The Bertz CT molecular complexity index is 848. The molecule has 0 heterocycles. The fraction of sp³-hybridized carbons (Fsp3) is 0.600. The van der Waals surface area contributed by atoms with Gasteiger partial charge in [-0.05, 0) is 6.07 Å². The highest BCUT2D eigenvalue weighted by Gasteiger charge is 2.32. The summed E-state index contributed by atoms with van der Waals surface area (Å²) in [6.07, 6.45) is 1.02. The molecule has 2 amide bonds. The van der Waals surface area contributed by atoms with Gasteiger partial charge in [-0.15, -0.1) is 0 Å². The smallest absolute Gasteiger partial charge is 0.339 e. The molecule has 196 valence electrons. The summed E-state index contributed by atoms with van der Waals surface area (Å²) in [6, 6.07) is 5.86. The van der Waals surface area contributed by atoms with Gasteiger partial charge in [0.05, 0.1) is 52.8 Å². The van der Waals surface area contributed by atoms with Crippen LogP contribution in [0.2, 0.25) is 0 Å². The standard InChI is InChI=1S/C25H40N4O6/c1-19(30)26-13-9-15-28(3,4)17-21(18-29(5,6)16-10-14-27-20(2)31)35-25(34)23-12-8-7-11-22(23)24(32)33/h7-8,11-12,21H,9-10,13-18H2,1-6H3,(H-2,26,27,30,31,32,33)/p+1. The summed E-state index contributed by atoms with van der Waals surface area (Å²) < 4.78 is 6.98. The largest absolute Gasteiger partial charge is 0.545 e. The van der Waals surface area contributed by atoms with E-state index in [-0.39, 0.29) is 22.9 Å². The first kappa shape index (κ1) is 30.1. The third kappa shape index (κ3) is 12.3. The molecule has 1 aromatic rings. The zero-order chi connectivity index (χ0) is 26.6. The van der Waals surface area contributed by atoms with Crippen molar-refractivity contribution in [2.75, 3.05) is 67.5 Å². The van der Waals surface area contributed by atoms with Crippen LogP contribution in [-0.4, -0.2) is 106 Å². The van der Waals surface area contributed by atoms with E-state index in [1.165, 1.54) is 32.0 Å². The third-order valence-corrected chi connectivity index (χ3v) is 5.66. The zero-order valence-corrected chi connectivity index (χ0v) is 21.9. The number of carboxylic acid groups (broad SMARTS) is 1. The number of benzene rings is 1. The third-order valence-electron chi connectivity index (χ3n) is 5.66. The molecule has 2 N–H and O–H groups in total. The summed E-state index contributed by atoms with van der Waals surface area (Å²) in [5.74, 6) is -2.29. The van der Waals surface area contributed by atoms with E-state index in [4.69, 9.17) is 4.74 Å². The maximum absolute atomic E-state index is 13.0. The van der Waals surface area contributed by atoms with E-state index in [2.05, 4.69) is 10.6 Å². The Morgan fingerprint density at radius 1 is 0.829 bits per heavy atom. The average molecular weight is 494 g/mol. The van der Waals surface area contributed by atoms with Crippen molar-refractivity contribution in [2.24, 2.45) is 0 Å². The Morgan fingerprint density at radius 2 is 1.26 bits per heavy atom. The van der Waals surface area contributed by atoms with Crippen LogP contribution in [0.25, 0.3) is 0 Å². The van der Waals surface area contributed by atoms with Crippen LogP contribution in [0.5, 0.6) is 0 Å². The predicted molar refractivity (Wildman–Crippen MR) is 130 cm³/mol. The summed E-state index contributed by atoms with van der Waals surface area (Å²) >= 11 is 0. The highest BCUT2D eigenvalue weighted by atomic mass is 16.5. The minimum atomic E-state index is -1.43. The molecular formula is C25H41N4O6+. The number of aromatic carboxylic acids is 1. The summed E-state index contributed by atoms with van der Waals surface area (Å²) in [7, 11) is 8.11. The lowest BCUT2D eigenvalue weighted by atomic mass is 10.1. The van der Waals surface area contributed by atoms with Crippen LogP contribution in [0.1, 0.15) is 47.4 Å². The molecule has 0 atom stereocenters. The second-order valence-electron chi connectivity index (χ2n) is 10.2. The number of nitrogens with zero attached hydrogens (tertiary/aromatic N) is 2. The highest BCUT2D eigenvalue weighted by Crippen LogP contribution is 2.15. The van der Waals surface area contributed by atoms with Crippen molar-refractivity contribution in [3.05, 3.63) is 35.4 Å². The van der Waals surface area contributed by atoms with Gasteiger partial charge in [-0.2, -0.15) is 0 Å². The van der Waals surface area contributed by atoms with E-state index in [0.29, 0.717) is 35.1 Å². The number of nitrogens with one attached hydrogen (secondary N) is 2. The lowest BCUT2D eigenvalue weighted by Crippen LogP contribution is -2.54. The quantitative estimate of drug-likeness (QED) is 0.198. The minimum Gasteiger partial charge on any atom is -0.545 e. The van der Waals surface area contributed by atoms with Crippen molar-refractivity contribution in [2.45, 2.75) is 32.8 Å². The molecule has 10 heteroatoms. The van der Waals surface area contributed by atoms with Gasteiger partial charge < -0.3 is 34.2 Å². The van der Waals surface area contributed by atoms with Crippen molar-refractivity contribution in [1.29, 1.82) is 0 Å². The van der Waals surface area contributed by atoms with Gasteiger partial charge in [-0.1, -0.05) is 18.2 Å². The molecule has 0 bridgehead atoms. The van der Waals surface area contributed by atoms with E-state index < -0.39 is 18.0 Å². The normalized spacial score (nSPS) is 11.7.